The minimum atomic E-state index is 0.291. The molecule has 0 aliphatic heterocycles. The Bertz CT molecular complexity index is 818. The zero-order valence-corrected chi connectivity index (χ0v) is 14.4. The molecule has 2 heterocycles. The summed E-state index contributed by atoms with van der Waals surface area (Å²) in [6.07, 6.45) is 0. The lowest BCUT2D eigenvalue weighted by molar-refractivity contribution is 1.23. The van der Waals surface area contributed by atoms with E-state index >= 15 is 0 Å². The highest BCUT2D eigenvalue weighted by molar-refractivity contribution is 9.10. The Balaban J connectivity index is 2.14. The van der Waals surface area contributed by atoms with Crippen LogP contribution in [0.3, 0.4) is 0 Å². The number of nitrogens with zero attached hydrogens (tertiary/aromatic N) is 2. The first-order valence-electron chi connectivity index (χ1n) is 6.51. The van der Waals surface area contributed by atoms with Crippen molar-refractivity contribution in [1.82, 2.24) is 9.97 Å². The lowest BCUT2D eigenvalue weighted by Gasteiger charge is -2.13. The van der Waals surface area contributed by atoms with Gasteiger partial charge in [0.15, 0.2) is 0 Å². The van der Waals surface area contributed by atoms with Crippen LogP contribution in [0.1, 0.15) is 16.0 Å². The average molecular weight is 363 g/mol. The standard InChI is InChI=1S/C15H15BrN4S/c1-7-4-10(16)5-8(2)12(7)18-13-11-6-9(3)21-14(11)20-15(17)19-13/h4-6H,1-3H3,(H3,17,18,19,20). The van der Waals surface area contributed by atoms with Crippen LogP contribution in [-0.4, -0.2) is 9.97 Å². The van der Waals surface area contributed by atoms with Crippen molar-refractivity contribution in [1.29, 1.82) is 0 Å². The van der Waals surface area contributed by atoms with Gasteiger partial charge in [0.1, 0.15) is 10.6 Å². The molecule has 2 aromatic heterocycles. The first-order valence-corrected chi connectivity index (χ1v) is 8.12. The number of rotatable bonds is 2. The number of aryl methyl sites for hydroxylation is 3. The van der Waals surface area contributed by atoms with Crippen LogP contribution in [0, 0.1) is 20.8 Å². The van der Waals surface area contributed by atoms with Crippen LogP contribution < -0.4 is 11.1 Å². The molecule has 6 heteroatoms. The number of nitrogens with one attached hydrogen (secondary N) is 1. The molecule has 3 rings (SSSR count). The minimum Gasteiger partial charge on any atom is -0.368 e. The molecule has 4 nitrogen and oxygen atoms in total. The predicted molar refractivity (Wildman–Crippen MR) is 93.5 cm³/mol. The second-order valence-electron chi connectivity index (χ2n) is 5.05. The summed E-state index contributed by atoms with van der Waals surface area (Å²) in [6.45, 7) is 6.20. The van der Waals surface area contributed by atoms with Crippen molar-refractivity contribution in [2.24, 2.45) is 0 Å². The van der Waals surface area contributed by atoms with Crippen molar-refractivity contribution in [3.63, 3.8) is 0 Å². The molecule has 0 amide bonds. The zero-order valence-electron chi connectivity index (χ0n) is 12.0. The minimum absolute atomic E-state index is 0.291. The summed E-state index contributed by atoms with van der Waals surface area (Å²) in [5.41, 5.74) is 9.19. The van der Waals surface area contributed by atoms with Crippen molar-refractivity contribution in [3.05, 3.63) is 38.7 Å². The van der Waals surface area contributed by atoms with E-state index in [2.05, 4.69) is 70.2 Å². The molecular weight excluding hydrogens is 348 g/mol. The fourth-order valence-electron chi connectivity index (χ4n) is 2.38. The number of halogens is 1. The molecule has 3 N–H and O–H groups in total. The molecule has 0 atom stereocenters. The fourth-order valence-corrected chi connectivity index (χ4v) is 3.95. The Morgan fingerprint density at radius 1 is 1.10 bits per heavy atom. The van der Waals surface area contributed by atoms with Crippen molar-refractivity contribution >= 4 is 54.9 Å². The maximum absolute atomic E-state index is 5.82. The molecule has 0 bridgehead atoms. The summed E-state index contributed by atoms with van der Waals surface area (Å²) < 4.78 is 1.07. The molecule has 0 spiro atoms. The summed E-state index contributed by atoms with van der Waals surface area (Å²) in [6, 6.07) is 6.25. The van der Waals surface area contributed by atoms with Gasteiger partial charge in [-0.1, -0.05) is 15.9 Å². The quantitative estimate of drug-likeness (QED) is 0.692. The molecule has 1 aromatic carbocycles. The second kappa shape index (κ2) is 5.27. The van der Waals surface area contributed by atoms with Crippen LogP contribution in [-0.2, 0) is 0 Å². The number of hydrogen-bond donors (Lipinski definition) is 2. The van der Waals surface area contributed by atoms with Crippen molar-refractivity contribution in [2.75, 3.05) is 11.1 Å². The van der Waals surface area contributed by atoms with Crippen LogP contribution in [0.4, 0.5) is 17.5 Å². The summed E-state index contributed by atoms with van der Waals surface area (Å²) in [4.78, 5) is 10.8. The van der Waals surface area contributed by atoms with Crippen LogP contribution >= 0.6 is 27.3 Å². The van der Waals surface area contributed by atoms with E-state index in [0.717, 1.165) is 37.3 Å². The summed E-state index contributed by atoms with van der Waals surface area (Å²) >= 11 is 5.14. The normalized spacial score (nSPS) is 11.0. The number of nitrogens with two attached hydrogens (primary N) is 1. The molecule has 3 aromatic rings. The van der Waals surface area contributed by atoms with Gasteiger partial charge in [-0.3, -0.25) is 0 Å². The number of nitrogen functional groups attached to an aromatic ring is 1. The molecular formula is C15H15BrN4S. The summed E-state index contributed by atoms with van der Waals surface area (Å²) in [5.74, 6) is 1.05. The smallest absolute Gasteiger partial charge is 0.223 e. The van der Waals surface area contributed by atoms with Gasteiger partial charge in [0.2, 0.25) is 5.95 Å². The predicted octanol–water partition coefficient (Wildman–Crippen LogP) is 4.70. The van der Waals surface area contributed by atoms with Crippen molar-refractivity contribution < 1.29 is 0 Å². The van der Waals surface area contributed by atoms with Gasteiger partial charge in [-0.05, 0) is 50.1 Å². The topological polar surface area (TPSA) is 63.8 Å². The molecule has 0 aliphatic carbocycles. The third-order valence-electron chi connectivity index (χ3n) is 3.27. The maximum atomic E-state index is 5.82. The van der Waals surface area contributed by atoms with E-state index in [0.29, 0.717) is 5.95 Å². The third-order valence-corrected chi connectivity index (χ3v) is 4.68. The summed E-state index contributed by atoms with van der Waals surface area (Å²) in [5, 5.41) is 4.43. The molecule has 0 radical (unpaired) electrons. The van der Waals surface area contributed by atoms with Gasteiger partial charge < -0.3 is 11.1 Å². The third kappa shape index (κ3) is 2.73. The monoisotopic (exact) mass is 362 g/mol. The van der Waals surface area contributed by atoms with Crippen molar-refractivity contribution in [2.45, 2.75) is 20.8 Å². The number of aromatic nitrogens is 2. The lowest BCUT2D eigenvalue weighted by atomic mass is 10.1. The van der Waals surface area contributed by atoms with Crippen molar-refractivity contribution in [3.8, 4) is 0 Å². The second-order valence-corrected chi connectivity index (χ2v) is 7.20. The Kier molecular flexibility index (Phi) is 3.59. The SMILES string of the molecule is Cc1cc2c(Nc3c(C)cc(Br)cc3C)nc(N)nc2s1. The van der Waals surface area contributed by atoms with E-state index in [9.17, 15) is 0 Å². The number of benzene rings is 1. The van der Waals surface area contributed by atoms with Crippen LogP contribution in [0.15, 0.2) is 22.7 Å². The Labute approximate surface area is 135 Å². The van der Waals surface area contributed by atoms with E-state index in [4.69, 9.17) is 5.73 Å². The van der Waals surface area contributed by atoms with E-state index < -0.39 is 0 Å². The van der Waals surface area contributed by atoms with Gasteiger partial charge in [0, 0.05) is 15.0 Å². The van der Waals surface area contributed by atoms with E-state index in [1.807, 2.05) is 0 Å². The number of fused-ring (bicyclic) bond motifs is 1. The molecule has 0 aliphatic rings. The molecule has 0 saturated heterocycles. The van der Waals surface area contributed by atoms with Gasteiger partial charge in [-0.2, -0.15) is 4.98 Å². The van der Waals surface area contributed by atoms with Crippen LogP contribution in [0.5, 0.6) is 0 Å². The Morgan fingerprint density at radius 2 is 1.76 bits per heavy atom. The molecule has 0 unspecified atom stereocenters. The van der Waals surface area contributed by atoms with Crippen LogP contribution in [0.2, 0.25) is 0 Å². The molecule has 21 heavy (non-hydrogen) atoms. The van der Waals surface area contributed by atoms with Gasteiger partial charge in [0.25, 0.3) is 0 Å². The number of thiophene rings is 1. The van der Waals surface area contributed by atoms with E-state index in [1.165, 1.54) is 4.88 Å². The first kappa shape index (κ1) is 14.3. The summed E-state index contributed by atoms with van der Waals surface area (Å²) in [7, 11) is 0. The number of anilines is 3. The van der Waals surface area contributed by atoms with Gasteiger partial charge in [0.05, 0.1) is 5.39 Å². The van der Waals surface area contributed by atoms with Crippen LogP contribution in [0.25, 0.3) is 10.2 Å². The van der Waals surface area contributed by atoms with Gasteiger partial charge in [-0.25, -0.2) is 4.98 Å². The van der Waals surface area contributed by atoms with E-state index in [-0.39, 0.29) is 0 Å². The van der Waals surface area contributed by atoms with Gasteiger partial charge in [-0.15, -0.1) is 11.3 Å². The fraction of sp³-hybridized carbons (Fsp3) is 0.200. The highest BCUT2D eigenvalue weighted by atomic mass is 79.9. The highest BCUT2D eigenvalue weighted by Gasteiger charge is 2.12. The Morgan fingerprint density at radius 3 is 2.43 bits per heavy atom. The largest absolute Gasteiger partial charge is 0.368 e. The first-order chi connectivity index (χ1) is 9.94. The average Bonchev–Trinajstić information content (AvgIpc) is 2.73. The highest BCUT2D eigenvalue weighted by Crippen LogP contribution is 2.33. The number of hydrogen-bond acceptors (Lipinski definition) is 5. The molecule has 108 valence electrons. The Hall–Kier alpha value is -1.66. The maximum Gasteiger partial charge on any atom is 0.223 e. The lowest BCUT2D eigenvalue weighted by Crippen LogP contribution is -2.02. The van der Waals surface area contributed by atoms with E-state index in [1.54, 1.807) is 11.3 Å². The molecule has 0 fully saturated rings. The zero-order chi connectivity index (χ0) is 15.1. The molecule has 0 saturated carbocycles. The van der Waals surface area contributed by atoms with Gasteiger partial charge >= 0.3 is 0 Å².